The maximum Gasteiger partial charge on any atom is 0.233 e. The highest BCUT2D eigenvalue weighted by atomic mass is 32.2. The second kappa shape index (κ2) is 11.1. The molecule has 0 aliphatic carbocycles. The lowest BCUT2D eigenvalue weighted by Gasteiger charge is -2.21. The zero-order chi connectivity index (χ0) is 23.9. The van der Waals surface area contributed by atoms with Crippen molar-refractivity contribution >= 4 is 17.7 Å². The van der Waals surface area contributed by atoms with E-state index in [1.165, 1.54) is 36.0 Å². The fourth-order valence-electron chi connectivity index (χ4n) is 3.57. The van der Waals surface area contributed by atoms with Gasteiger partial charge >= 0.3 is 0 Å². The second-order valence-corrected chi connectivity index (χ2v) is 8.65. The molecule has 0 atom stereocenters. The van der Waals surface area contributed by atoms with Crippen LogP contribution >= 0.6 is 11.8 Å². The number of halogens is 2. The molecule has 0 saturated heterocycles. The average Bonchev–Trinajstić information content (AvgIpc) is 3.24. The van der Waals surface area contributed by atoms with E-state index in [1.54, 1.807) is 29.2 Å². The Morgan fingerprint density at radius 1 is 0.912 bits per heavy atom. The zero-order valence-electron chi connectivity index (χ0n) is 18.7. The average molecular weight is 479 g/mol. The fourth-order valence-corrected chi connectivity index (χ4v) is 4.41. The van der Waals surface area contributed by atoms with Crippen molar-refractivity contribution in [3.05, 3.63) is 102 Å². The first-order valence-electron chi connectivity index (χ1n) is 10.9. The van der Waals surface area contributed by atoms with E-state index >= 15 is 0 Å². The van der Waals surface area contributed by atoms with Crippen molar-refractivity contribution in [1.82, 2.24) is 19.7 Å². The lowest BCUT2D eigenvalue weighted by molar-refractivity contribution is -0.128. The predicted molar refractivity (Wildman–Crippen MR) is 129 cm³/mol. The van der Waals surface area contributed by atoms with Crippen LogP contribution in [0.15, 0.2) is 84.0 Å². The molecule has 4 rings (SSSR count). The zero-order valence-corrected chi connectivity index (χ0v) is 19.5. The highest BCUT2D eigenvalue weighted by molar-refractivity contribution is 7.99. The summed E-state index contributed by atoms with van der Waals surface area (Å²) in [6.07, 6.45) is 0. The van der Waals surface area contributed by atoms with Crippen molar-refractivity contribution in [2.24, 2.45) is 0 Å². The van der Waals surface area contributed by atoms with Gasteiger partial charge in [-0.05, 0) is 54.4 Å². The maximum absolute atomic E-state index is 13.5. The minimum atomic E-state index is -0.323. The Balaban J connectivity index is 1.53. The molecule has 0 spiro atoms. The maximum atomic E-state index is 13.5. The van der Waals surface area contributed by atoms with Gasteiger partial charge in [-0.25, -0.2) is 8.78 Å². The van der Waals surface area contributed by atoms with Crippen molar-refractivity contribution in [3.8, 4) is 11.4 Å². The van der Waals surface area contributed by atoms with Crippen LogP contribution in [0.4, 0.5) is 8.78 Å². The first-order chi connectivity index (χ1) is 16.5. The van der Waals surface area contributed by atoms with Crippen LogP contribution in [-0.2, 0) is 17.9 Å². The molecule has 34 heavy (non-hydrogen) atoms. The lowest BCUT2D eigenvalue weighted by Crippen LogP contribution is -2.31. The number of aromatic nitrogens is 3. The summed E-state index contributed by atoms with van der Waals surface area (Å²) < 4.78 is 28.9. The molecule has 3 aromatic carbocycles. The van der Waals surface area contributed by atoms with Gasteiger partial charge < -0.3 is 4.90 Å². The summed E-state index contributed by atoms with van der Waals surface area (Å²) in [4.78, 5) is 14.6. The number of carbonyl (C=O) groups excluding carboxylic acids is 1. The summed E-state index contributed by atoms with van der Waals surface area (Å²) in [5, 5.41) is 9.26. The molecule has 1 heterocycles. The van der Waals surface area contributed by atoms with E-state index in [4.69, 9.17) is 0 Å². The molecule has 4 aromatic rings. The van der Waals surface area contributed by atoms with E-state index < -0.39 is 0 Å². The Morgan fingerprint density at radius 2 is 1.65 bits per heavy atom. The Kier molecular flexibility index (Phi) is 7.69. The Labute approximate surface area is 201 Å². The summed E-state index contributed by atoms with van der Waals surface area (Å²) >= 11 is 1.30. The molecule has 0 aliphatic rings. The molecule has 5 nitrogen and oxygen atoms in total. The van der Waals surface area contributed by atoms with Gasteiger partial charge in [-0.2, -0.15) is 0 Å². The smallest absolute Gasteiger partial charge is 0.233 e. The van der Waals surface area contributed by atoms with Gasteiger partial charge in [0.2, 0.25) is 5.91 Å². The van der Waals surface area contributed by atoms with Crippen LogP contribution in [0, 0.1) is 11.6 Å². The molecule has 0 N–H and O–H groups in total. The van der Waals surface area contributed by atoms with Crippen LogP contribution in [-0.4, -0.2) is 37.9 Å². The Morgan fingerprint density at radius 3 is 2.35 bits per heavy atom. The number of thioether (sulfide) groups is 1. The molecule has 1 aromatic heterocycles. The molecular weight excluding hydrogens is 454 g/mol. The second-order valence-electron chi connectivity index (χ2n) is 7.71. The molecule has 0 saturated carbocycles. The predicted octanol–water partition coefficient (Wildman–Crippen LogP) is 5.41. The lowest BCUT2D eigenvalue weighted by atomic mass is 10.2. The number of amides is 1. The third-order valence-corrected chi connectivity index (χ3v) is 6.28. The molecule has 0 aliphatic heterocycles. The summed E-state index contributed by atoms with van der Waals surface area (Å²) in [5.41, 5.74) is 2.54. The topological polar surface area (TPSA) is 51.0 Å². The fraction of sp³-hybridized carbons (Fsp3) is 0.192. The molecule has 1 amide bonds. The molecule has 0 bridgehead atoms. The molecule has 8 heteroatoms. The first kappa shape index (κ1) is 23.6. The SMILES string of the molecule is CCN(Cc1cccc(F)c1)C(=O)CSc1nnc(-c2ccc(F)cc2)n1Cc1ccccc1. The van der Waals surface area contributed by atoms with Crippen molar-refractivity contribution in [3.63, 3.8) is 0 Å². The van der Waals surface area contributed by atoms with E-state index in [9.17, 15) is 13.6 Å². The van der Waals surface area contributed by atoms with Crippen LogP contribution in [0.5, 0.6) is 0 Å². The summed E-state index contributed by atoms with van der Waals surface area (Å²) in [6.45, 7) is 3.25. The first-order valence-corrected chi connectivity index (χ1v) is 11.9. The van der Waals surface area contributed by atoms with Gasteiger partial charge in [-0.15, -0.1) is 10.2 Å². The standard InChI is InChI=1S/C26H24F2N4OS/c1-2-31(16-20-9-6-10-23(28)15-20)24(33)18-34-26-30-29-25(21-11-13-22(27)14-12-21)32(26)17-19-7-4-3-5-8-19/h3-15H,2,16-18H2,1H3. The number of hydrogen-bond acceptors (Lipinski definition) is 4. The molecule has 0 fully saturated rings. The Bertz CT molecular complexity index is 1250. The van der Waals surface area contributed by atoms with E-state index in [-0.39, 0.29) is 23.3 Å². The van der Waals surface area contributed by atoms with Crippen LogP contribution < -0.4 is 0 Å². The number of nitrogens with zero attached hydrogens (tertiary/aromatic N) is 4. The van der Waals surface area contributed by atoms with Crippen molar-refractivity contribution < 1.29 is 13.6 Å². The Hall–Kier alpha value is -3.52. The van der Waals surface area contributed by atoms with Crippen LogP contribution in [0.3, 0.4) is 0 Å². The highest BCUT2D eigenvalue weighted by Gasteiger charge is 2.19. The van der Waals surface area contributed by atoms with Crippen molar-refractivity contribution in [2.75, 3.05) is 12.3 Å². The largest absolute Gasteiger partial charge is 0.338 e. The van der Waals surface area contributed by atoms with Crippen LogP contribution in [0.2, 0.25) is 0 Å². The van der Waals surface area contributed by atoms with E-state index in [0.717, 1.165) is 16.7 Å². The molecule has 0 radical (unpaired) electrons. The van der Waals surface area contributed by atoms with Crippen LogP contribution in [0.25, 0.3) is 11.4 Å². The van der Waals surface area contributed by atoms with Crippen molar-refractivity contribution in [2.45, 2.75) is 25.2 Å². The van der Waals surface area contributed by atoms with E-state index in [0.29, 0.717) is 30.6 Å². The molecule has 174 valence electrons. The van der Waals surface area contributed by atoms with Crippen LogP contribution in [0.1, 0.15) is 18.1 Å². The molecule has 0 unspecified atom stereocenters. The highest BCUT2D eigenvalue weighted by Crippen LogP contribution is 2.26. The quantitative estimate of drug-likeness (QED) is 0.302. The van der Waals surface area contributed by atoms with E-state index in [2.05, 4.69) is 10.2 Å². The number of benzene rings is 3. The molecular formula is C26H24F2N4OS. The van der Waals surface area contributed by atoms with Gasteiger partial charge in [0, 0.05) is 18.7 Å². The number of hydrogen-bond donors (Lipinski definition) is 0. The van der Waals surface area contributed by atoms with Gasteiger partial charge in [0.05, 0.1) is 12.3 Å². The minimum absolute atomic E-state index is 0.0747. The van der Waals surface area contributed by atoms with Gasteiger partial charge in [0.1, 0.15) is 11.6 Å². The van der Waals surface area contributed by atoms with Crippen molar-refractivity contribution in [1.29, 1.82) is 0 Å². The summed E-state index contributed by atoms with van der Waals surface area (Å²) in [5.74, 6) is 0.0495. The summed E-state index contributed by atoms with van der Waals surface area (Å²) in [7, 11) is 0. The number of rotatable bonds is 9. The van der Waals surface area contributed by atoms with Gasteiger partial charge in [-0.1, -0.05) is 54.2 Å². The van der Waals surface area contributed by atoms with Gasteiger partial charge in [0.25, 0.3) is 0 Å². The summed E-state index contributed by atoms with van der Waals surface area (Å²) in [6, 6.07) is 22.2. The van der Waals surface area contributed by atoms with E-state index in [1.807, 2.05) is 41.8 Å². The third-order valence-electron chi connectivity index (χ3n) is 5.32. The minimum Gasteiger partial charge on any atom is -0.338 e. The third kappa shape index (κ3) is 5.88. The monoisotopic (exact) mass is 478 g/mol. The van der Waals surface area contributed by atoms with Gasteiger partial charge in [-0.3, -0.25) is 9.36 Å². The normalized spacial score (nSPS) is 10.9. The van der Waals surface area contributed by atoms with Gasteiger partial charge in [0.15, 0.2) is 11.0 Å². The number of carbonyl (C=O) groups is 1.